The molecule has 2 aromatic carbocycles. The molecule has 3 heteroatoms. The van der Waals surface area contributed by atoms with E-state index in [0.29, 0.717) is 12.1 Å². The van der Waals surface area contributed by atoms with E-state index in [9.17, 15) is 8.78 Å². The number of halogens is 2. The molecule has 0 bridgehead atoms. The Labute approximate surface area is 105 Å². The lowest BCUT2D eigenvalue weighted by molar-refractivity contribution is 0.624. The van der Waals surface area contributed by atoms with Crippen LogP contribution in [-0.2, 0) is 6.54 Å². The molecule has 2 aromatic rings. The summed E-state index contributed by atoms with van der Waals surface area (Å²) >= 11 is 0. The van der Waals surface area contributed by atoms with Crippen molar-refractivity contribution in [2.75, 3.05) is 7.05 Å². The fourth-order valence-corrected chi connectivity index (χ4v) is 2.05. The summed E-state index contributed by atoms with van der Waals surface area (Å²) in [5.41, 5.74) is 3.21. The van der Waals surface area contributed by atoms with Crippen molar-refractivity contribution >= 4 is 0 Å². The Kier molecular flexibility index (Phi) is 3.72. The number of hydrogen-bond donors (Lipinski definition) is 1. The highest BCUT2D eigenvalue weighted by molar-refractivity contribution is 5.68. The summed E-state index contributed by atoms with van der Waals surface area (Å²) in [6.45, 7) is 2.44. The maximum absolute atomic E-state index is 13.4. The van der Waals surface area contributed by atoms with Crippen molar-refractivity contribution < 1.29 is 8.78 Å². The maximum Gasteiger partial charge on any atom is 0.124 e. The second-order valence-corrected chi connectivity index (χ2v) is 4.35. The maximum atomic E-state index is 13.4. The van der Waals surface area contributed by atoms with E-state index in [2.05, 4.69) is 5.32 Å². The normalized spacial score (nSPS) is 10.7. The second kappa shape index (κ2) is 5.27. The molecular weight excluding hydrogens is 232 g/mol. The largest absolute Gasteiger partial charge is 0.316 e. The predicted octanol–water partition coefficient (Wildman–Crippen LogP) is 3.66. The third-order valence-electron chi connectivity index (χ3n) is 2.79. The first-order chi connectivity index (χ1) is 8.60. The Bertz CT molecular complexity index is 544. The zero-order chi connectivity index (χ0) is 13.1. The molecule has 0 amide bonds. The van der Waals surface area contributed by atoms with Gasteiger partial charge in [0.25, 0.3) is 0 Å². The van der Waals surface area contributed by atoms with Gasteiger partial charge in [0.1, 0.15) is 11.6 Å². The Morgan fingerprint density at radius 2 is 1.78 bits per heavy atom. The molecule has 0 aliphatic rings. The minimum atomic E-state index is -0.313. The van der Waals surface area contributed by atoms with Gasteiger partial charge in [0.2, 0.25) is 0 Å². The van der Waals surface area contributed by atoms with Gasteiger partial charge in [-0.3, -0.25) is 0 Å². The molecule has 0 atom stereocenters. The summed E-state index contributed by atoms with van der Waals surface area (Å²) in [4.78, 5) is 0. The lowest BCUT2D eigenvalue weighted by atomic mass is 9.98. The van der Waals surface area contributed by atoms with Crippen molar-refractivity contribution in [1.82, 2.24) is 5.32 Å². The molecule has 0 fully saturated rings. The molecule has 0 unspecified atom stereocenters. The highest BCUT2D eigenvalue weighted by Gasteiger charge is 2.08. The van der Waals surface area contributed by atoms with E-state index in [0.717, 1.165) is 16.7 Å². The molecule has 0 aliphatic heterocycles. The van der Waals surface area contributed by atoms with Gasteiger partial charge in [-0.2, -0.15) is 0 Å². The van der Waals surface area contributed by atoms with Crippen LogP contribution in [0.2, 0.25) is 0 Å². The number of rotatable bonds is 3. The van der Waals surface area contributed by atoms with E-state index in [-0.39, 0.29) is 11.6 Å². The van der Waals surface area contributed by atoms with E-state index < -0.39 is 0 Å². The van der Waals surface area contributed by atoms with Crippen molar-refractivity contribution in [2.24, 2.45) is 0 Å². The van der Waals surface area contributed by atoms with Crippen LogP contribution in [0.4, 0.5) is 8.78 Å². The third kappa shape index (κ3) is 2.74. The fourth-order valence-electron chi connectivity index (χ4n) is 2.05. The minimum absolute atomic E-state index is 0.301. The number of aryl methyl sites for hydroxylation is 1. The second-order valence-electron chi connectivity index (χ2n) is 4.35. The van der Waals surface area contributed by atoms with Gasteiger partial charge in [-0.25, -0.2) is 8.78 Å². The summed E-state index contributed by atoms with van der Waals surface area (Å²) in [5, 5.41) is 3.03. The topological polar surface area (TPSA) is 12.0 Å². The molecule has 0 saturated carbocycles. The van der Waals surface area contributed by atoms with Crippen LogP contribution in [0, 0.1) is 18.6 Å². The van der Waals surface area contributed by atoms with Crippen LogP contribution >= 0.6 is 0 Å². The molecule has 18 heavy (non-hydrogen) atoms. The number of benzene rings is 2. The third-order valence-corrected chi connectivity index (χ3v) is 2.79. The number of nitrogens with one attached hydrogen (secondary N) is 1. The quantitative estimate of drug-likeness (QED) is 0.872. The van der Waals surface area contributed by atoms with Crippen LogP contribution in [0.3, 0.4) is 0 Å². The van der Waals surface area contributed by atoms with Crippen LogP contribution in [-0.4, -0.2) is 7.05 Å². The van der Waals surface area contributed by atoms with E-state index in [1.165, 1.54) is 24.3 Å². The van der Waals surface area contributed by atoms with Gasteiger partial charge >= 0.3 is 0 Å². The highest BCUT2D eigenvalue weighted by Crippen LogP contribution is 2.26. The highest BCUT2D eigenvalue weighted by atomic mass is 19.1. The first kappa shape index (κ1) is 12.7. The van der Waals surface area contributed by atoms with Crippen molar-refractivity contribution in [3.05, 3.63) is 59.2 Å². The van der Waals surface area contributed by atoms with Crippen molar-refractivity contribution in [1.29, 1.82) is 0 Å². The molecule has 94 valence electrons. The monoisotopic (exact) mass is 247 g/mol. The lowest BCUT2D eigenvalue weighted by Gasteiger charge is -2.10. The first-order valence-electron chi connectivity index (χ1n) is 5.81. The summed E-state index contributed by atoms with van der Waals surface area (Å²) < 4.78 is 26.8. The summed E-state index contributed by atoms with van der Waals surface area (Å²) in [6, 6.07) is 9.34. The Balaban J connectivity index is 2.57. The van der Waals surface area contributed by atoms with Crippen molar-refractivity contribution in [3.8, 4) is 11.1 Å². The van der Waals surface area contributed by atoms with Gasteiger partial charge in [-0.1, -0.05) is 12.1 Å². The number of hydrogen-bond acceptors (Lipinski definition) is 1. The molecule has 0 radical (unpaired) electrons. The smallest absolute Gasteiger partial charge is 0.124 e. The molecule has 0 heterocycles. The molecule has 1 N–H and O–H groups in total. The van der Waals surface area contributed by atoms with E-state index in [1.54, 1.807) is 6.07 Å². The Morgan fingerprint density at radius 3 is 2.44 bits per heavy atom. The molecule has 0 aliphatic carbocycles. The fraction of sp³-hybridized carbons (Fsp3) is 0.200. The van der Waals surface area contributed by atoms with E-state index in [4.69, 9.17) is 0 Å². The van der Waals surface area contributed by atoms with Crippen LogP contribution in [0.25, 0.3) is 11.1 Å². The van der Waals surface area contributed by atoms with E-state index in [1.807, 2.05) is 20.0 Å². The van der Waals surface area contributed by atoms with Crippen LogP contribution in [0.5, 0.6) is 0 Å². The van der Waals surface area contributed by atoms with Gasteiger partial charge in [0, 0.05) is 6.54 Å². The minimum Gasteiger partial charge on any atom is -0.316 e. The van der Waals surface area contributed by atoms with Gasteiger partial charge in [0.15, 0.2) is 0 Å². The first-order valence-corrected chi connectivity index (χ1v) is 5.81. The predicted molar refractivity (Wildman–Crippen MR) is 69.3 cm³/mol. The van der Waals surface area contributed by atoms with E-state index >= 15 is 0 Å². The molecule has 0 spiro atoms. The summed E-state index contributed by atoms with van der Waals surface area (Å²) in [7, 11) is 1.82. The molecule has 1 nitrogen and oxygen atoms in total. The van der Waals surface area contributed by atoms with Crippen molar-refractivity contribution in [3.63, 3.8) is 0 Å². The average molecular weight is 247 g/mol. The zero-order valence-corrected chi connectivity index (χ0v) is 10.4. The van der Waals surface area contributed by atoms with Gasteiger partial charge in [-0.05, 0) is 60.5 Å². The standard InChI is InChI=1S/C15H15F2N/c1-10-5-12(7-14(17)6-10)15-8-13(16)4-3-11(15)9-18-2/h3-8,18H,9H2,1-2H3. The van der Waals surface area contributed by atoms with Gasteiger partial charge in [0.05, 0.1) is 0 Å². The van der Waals surface area contributed by atoms with Gasteiger partial charge in [-0.15, -0.1) is 0 Å². The summed E-state index contributed by atoms with van der Waals surface area (Å²) in [6.07, 6.45) is 0. The molecule has 0 saturated heterocycles. The molecule has 2 rings (SSSR count). The van der Waals surface area contributed by atoms with Gasteiger partial charge < -0.3 is 5.32 Å². The lowest BCUT2D eigenvalue weighted by Crippen LogP contribution is -2.06. The Hall–Kier alpha value is -1.74. The van der Waals surface area contributed by atoms with Crippen LogP contribution in [0.1, 0.15) is 11.1 Å². The SMILES string of the molecule is CNCc1ccc(F)cc1-c1cc(C)cc(F)c1. The van der Waals surface area contributed by atoms with Crippen LogP contribution in [0.15, 0.2) is 36.4 Å². The molecule has 0 aromatic heterocycles. The zero-order valence-electron chi connectivity index (χ0n) is 10.4. The van der Waals surface area contributed by atoms with Crippen molar-refractivity contribution in [2.45, 2.75) is 13.5 Å². The average Bonchev–Trinajstić information content (AvgIpc) is 2.30. The Morgan fingerprint density at radius 1 is 1.00 bits per heavy atom. The van der Waals surface area contributed by atoms with Crippen LogP contribution < -0.4 is 5.32 Å². The molecular formula is C15H15F2N. The summed E-state index contributed by atoms with van der Waals surface area (Å²) in [5.74, 6) is -0.614.